The monoisotopic (exact) mass is 436 g/mol. The highest BCUT2D eigenvalue weighted by atomic mass is 16.5. The Morgan fingerprint density at radius 3 is 2.91 bits per heavy atom. The Balaban J connectivity index is 1.45. The zero-order valence-corrected chi connectivity index (χ0v) is 18.3. The number of pyridine rings is 1. The van der Waals surface area contributed by atoms with E-state index in [9.17, 15) is 0 Å². The third-order valence-corrected chi connectivity index (χ3v) is 4.82. The Kier molecular flexibility index (Phi) is 7.10. The van der Waals surface area contributed by atoms with Gasteiger partial charge in [0.1, 0.15) is 12.4 Å². The van der Waals surface area contributed by atoms with Crippen molar-refractivity contribution in [2.24, 2.45) is 0 Å². The van der Waals surface area contributed by atoms with Crippen LogP contribution in [0.2, 0.25) is 0 Å². The fourth-order valence-electron chi connectivity index (χ4n) is 3.44. The predicted octanol–water partition coefficient (Wildman–Crippen LogP) is 0.719. The Labute approximate surface area is 186 Å². The van der Waals surface area contributed by atoms with E-state index < -0.39 is 0 Å². The molecule has 1 unspecified atom stereocenters. The summed E-state index contributed by atoms with van der Waals surface area (Å²) in [7, 11) is 3.96. The number of H-pyrrole nitrogens is 1. The molecule has 1 aliphatic carbocycles. The molecule has 0 aromatic carbocycles. The highest BCUT2D eigenvalue weighted by Crippen LogP contribution is 2.20. The molecule has 168 valence electrons. The minimum atomic E-state index is -0.0401. The van der Waals surface area contributed by atoms with E-state index in [0.29, 0.717) is 36.4 Å². The number of aromatic nitrogens is 4. The van der Waals surface area contributed by atoms with E-state index in [1.54, 1.807) is 24.5 Å². The maximum atomic E-state index is 8.94. The number of ether oxygens (including phenoxy) is 2. The third kappa shape index (κ3) is 5.70. The Morgan fingerprint density at radius 2 is 2.06 bits per heavy atom. The van der Waals surface area contributed by atoms with Gasteiger partial charge < -0.3 is 24.9 Å². The first kappa shape index (κ1) is 21.9. The van der Waals surface area contributed by atoms with Crippen molar-refractivity contribution in [1.29, 1.82) is 0 Å². The van der Waals surface area contributed by atoms with Gasteiger partial charge in [-0.3, -0.25) is 9.88 Å². The predicted molar refractivity (Wildman–Crippen MR) is 122 cm³/mol. The van der Waals surface area contributed by atoms with E-state index in [1.807, 2.05) is 25.1 Å². The fraction of sp³-hybridized carbons (Fsp3) is 0.348. The van der Waals surface area contributed by atoms with Gasteiger partial charge >= 0.3 is 0 Å². The van der Waals surface area contributed by atoms with E-state index in [0.717, 1.165) is 22.7 Å². The number of hydrogen-bond donors (Lipinski definition) is 3. The van der Waals surface area contributed by atoms with E-state index in [-0.39, 0.29) is 19.3 Å². The first-order valence-corrected chi connectivity index (χ1v) is 10.5. The van der Waals surface area contributed by atoms with Gasteiger partial charge in [0.15, 0.2) is 0 Å². The van der Waals surface area contributed by atoms with Crippen molar-refractivity contribution in [3.63, 3.8) is 0 Å². The van der Waals surface area contributed by atoms with Crippen LogP contribution in [0.1, 0.15) is 12.1 Å². The summed E-state index contributed by atoms with van der Waals surface area (Å²) in [6, 6.07) is 7.56. The Bertz CT molecular complexity index is 1160. The van der Waals surface area contributed by atoms with Crippen LogP contribution in [0.5, 0.6) is 5.75 Å². The topological polar surface area (TPSA) is 108 Å². The summed E-state index contributed by atoms with van der Waals surface area (Å²) in [5.41, 5.74) is 2.43. The molecule has 1 atom stereocenters. The second kappa shape index (κ2) is 10.4. The molecule has 0 saturated carbocycles. The number of aromatic amines is 1. The lowest BCUT2D eigenvalue weighted by molar-refractivity contribution is 0.0435. The molecule has 4 rings (SSSR count). The Morgan fingerprint density at radius 1 is 1.19 bits per heavy atom. The van der Waals surface area contributed by atoms with Gasteiger partial charge in [-0.05, 0) is 43.9 Å². The smallest absolute Gasteiger partial charge is 0.223 e. The third-order valence-electron chi connectivity index (χ3n) is 4.82. The van der Waals surface area contributed by atoms with Crippen molar-refractivity contribution in [3.8, 4) is 17.1 Å². The minimum absolute atomic E-state index is 0.0401. The van der Waals surface area contributed by atoms with Crippen molar-refractivity contribution >= 4 is 18.1 Å². The standard InChI is InChI=1S/C23H28N6O3/c1-29(2)15-31-14-18-12-16-11-17(3-4-20(16)26-18)27-23-25-8-6-21(28-23)22-13-19(5-7-24-22)32-10-9-30/h4-8,11-13,17,26,30H,3,9-10,14-15H2,1-2H3,(H,25,27,28). The number of rotatable bonds is 10. The Hall–Kier alpha value is -3.27. The van der Waals surface area contributed by atoms with Crippen LogP contribution < -0.4 is 20.6 Å². The molecule has 0 bridgehead atoms. The van der Waals surface area contributed by atoms with Gasteiger partial charge in [0, 0.05) is 29.5 Å². The van der Waals surface area contributed by atoms with Crippen molar-refractivity contribution < 1.29 is 14.6 Å². The maximum Gasteiger partial charge on any atom is 0.223 e. The summed E-state index contributed by atoms with van der Waals surface area (Å²) in [5.74, 6) is 1.17. The van der Waals surface area contributed by atoms with Crippen LogP contribution in [-0.2, 0) is 11.3 Å². The van der Waals surface area contributed by atoms with E-state index in [1.165, 1.54) is 0 Å². The molecule has 1 aliphatic rings. The van der Waals surface area contributed by atoms with Crippen molar-refractivity contribution in [3.05, 3.63) is 52.9 Å². The van der Waals surface area contributed by atoms with E-state index in [2.05, 4.69) is 43.5 Å². The molecule has 3 N–H and O–H groups in total. The number of hydrogen-bond acceptors (Lipinski definition) is 8. The van der Waals surface area contributed by atoms with Gasteiger partial charge in [0.05, 0.1) is 37.4 Å². The first-order chi connectivity index (χ1) is 15.6. The number of aliphatic hydroxyl groups excluding tert-OH is 1. The normalized spacial score (nSPS) is 15.1. The van der Waals surface area contributed by atoms with Crippen LogP contribution in [0.15, 0.2) is 36.7 Å². The van der Waals surface area contributed by atoms with Gasteiger partial charge in [0.2, 0.25) is 5.95 Å². The highest BCUT2D eigenvalue weighted by Gasteiger charge is 2.12. The molecule has 9 nitrogen and oxygen atoms in total. The lowest BCUT2D eigenvalue weighted by atomic mass is 10.1. The lowest BCUT2D eigenvalue weighted by Gasteiger charge is -2.15. The molecular formula is C23H28N6O3. The molecule has 0 amide bonds. The number of nitrogens with one attached hydrogen (secondary N) is 2. The number of nitrogens with zero attached hydrogens (tertiary/aromatic N) is 4. The zero-order chi connectivity index (χ0) is 22.3. The number of fused-ring (bicyclic) bond motifs is 1. The summed E-state index contributed by atoms with van der Waals surface area (Å²) in [6.45, 7) is 1.32. The first-order valence-electron chi connectivity index (χ1n) is 10.5. The van der Waals surface area contributed by atoms with Crippen LogP contribution >= 0.6 is 0 Å². The van der Waals surface area contributed by atoms with Crippen LogP contribution in [0.3, 0.4) is 0 Å². The summed E-state index contributed by atoms with van der Waals surface area (Å²) >= 11 is 0. The van der Waals surface area contributed by atoms with Crippen LogP contribution in [0.4, 0.5) is 5.95 Å². The average molecular weight is 437 g/mol. The quantitative estimate of drug-likeness (QED) is 0.399. The fourth-order valence-corrected chi connectivity index (χ4v) is 3.44. The van der Waals surface area contributed by atoms with Crippen LogP contribution in [0, 0.1) is 0 Å². The molecule has 3 aromatic heterocycles. The van der Waals surface area contributed by atoms with Crippen LogP contribution in [0.25, 0.3) is 23.5 Å². The van der Waals surface area contributed by atoms with Gasteiger partial charge in [-0.15, -0.1) is 0 Å². The zero-order valence-electron chi connectivity index (χ0n) is 18.3. The lowest BCUT2D eigenvalue weighted by Crippen LogP contribution is -2.32. The number of aliphatic hydroxyl groups is 1. The molecule has 0 saturated heterocycles. The van der Waals surface area contributed by atoms with Crippen molar-refractivity contribution in [1.82, 2.24) is 24.8 Å². The molecule has 3 heterocycles. The van der Waals surface area contributed by atoms with Crippen molar-refractivity contribution in [2.45, 2.75) is 19.1 Å². The van der Waals surface area contributed by atoms with E-state index >= 15 is 0 Å². The molecule has 9 heteroatoms. The largest absolute Gasteiger partial charge is 0.491 e. The van der Waals surface area contributed by atoms with Gasteiger partial charge in [-0.2, -0.15) is 0 Å². The number of anilines is 1. The SMILES string of the molecule is CN(C)COCc1cc2c([nH]1)=CCC(Nc1nccc(-c3cc(OCCO)ccn3)n1)C=2. The van der Waals surface area contributed by atoms with Crippen LogP contribution in [-0.4, -0.2) is 70.0 Å². The summed E-state index contributed by atoms with van der Waals surface area (Å²) < 4.78 is 11.1. The van der Waals surface area contributed by atoms with Gasteiger partial charge in [0.25, 0.3) is 0 Å². The van der Waals surface area contributed by atoms with Gasteiger partial charge in [-0.25, -0.2) is 9.97 Å². The van der Waals surface area contributed by atoms with Crippen molar-refractivity contribution in [2.75, 3.05) is 39.4 Å². The summed E-state index contributed by atoms with van der Waals surface area (Å²) in [6.07, 6.45) is 8.55. The molecule has 32 heavy (non-hydrogen) atoms. The maximum absolute atomic E-state index is 8.94. The summed E-state index contributed by atoms with van der Waals surface area (Å²) in [5, 5.41) is 14.6. The molecule has 0 radical (unpaired) electrons. The highest BCUT2D eigenvalue weighted by molar-refractivity contribution is 5.58. The second-order valence-corrected chi connectivity index (χ2v) is 7.79. The molecule has 0 spiro atoms. The average Bonchev–Trinajstić information content (AvgIpc) is 3.20. The molecule has 3 aromatic rings. The van der Waals surface area contributed by atoms with Gasteiger partial charge in [-0.1, -0.05) is 12.2 Å². The molecule has 0 aliphatic heterocycles. The second-order valence-electron chi connectivity index (χ2n) is 7.79. The minimum Gasteiger partial charge on any atom is -0.491 e. The summed E-state index contributed by atoms with van der Waals surface area (Å²) in [4.78, 5) is 18.8. The molecule has 0 fully saturated rings. The van der Waals surface area contributed by atoms with E-state index in [4.69, 9.17) is 14.6 Å². The molecular weight excluding hydrogens is 408 g/mol.